The van der Waals surface area contributed by atoms with Gasteiger partial charge in [0.1, 0.15) is 11.7 Å². The van der Waals surface area contributed by atoms with Crippen LogP contribution in [0.3, 0.4) is 0 Å². The van der Waals surface area contributed by atoms with Gasteiger partial charge in [-0.3, -0.25) is 5.41 Å². The number of halogens is 2. The third kappa shape index (κ3) is 3.71. The summed E-state index contributed by atoms with van der Waals surface area (Å²) in [5.74, 6) is -0.498. The molecule has 2 aromatic rings. The van der Waals surface area contributed by atoms with Crippen LogP contribution < -0.4 is 10.6 Å². The summed E-state index contributed by atoms with van der Waals surface area (Å²) in [4.78, 5) is 1.83. The van der Waals surface area contributed by atoms with E-state index >= 15 is 0 Å². The van der Waals surface area contributed by atoms with Gasteiger partial charge in [0.2, 0.25) is 0 Å². The number of rotatable bonds is 4. The van der Waals surface area contributed by atoms with Crippen LogP contribution in [-0.2, 0) is 6.54 Å². The molecule has 0 bridgehead atoms. The predicted octanol–water partition coefficient (Wildman–Crippen LogP) is 3.17. The molecule has 0 spiro atoms. The average Bonchev–Trinajstić information content (AvgIpc) is 2.39. The van der Waals surface area contributed by atoms with Crippen molar-refractivity contribution < 1.29 is 4.39 Å². The van der Waals surface area contributed by atoms with E-state index in [4.69, 9.17) is 11.1 Å². The Morgan fingerprint density at radius 1 is 1.20 bits per heavy atom. The summed E-state index contributed by atoms with van der Waals surface area (Å²) in [7, 11) is 1.83. The zero-order valence-electron chi connectivity index (χ0n) is 11.1. The van der Waals surface area contributed by atoms with Crippen LogP contribution in [0.15, 0.2) is 48.5 Å². The fourth-order valence-corrected chi connectivity index (χ4v) is 1.93. The molecule has 0 atom stereocenters. The Labute approximate surface area is 124 Å². The van der Waals surface area contributed by atoms with Crippen LogP contribution in [0.2, 0.25) is 0 Å². The Kier molecular flexibility index (Phi) is 5.53. The van der Waals surface area contributed by atoms with E-state index in [0.717, 1.165) is 5.56 Å². The standard InChI is InChI=1S/C15H16FN3.ClH/c1-19(10-11-5-3-2-4-6-11)14-8-7-12(15(17)18)9-13(14)16;/h2-9H,10H2,1H3,(H3,17,18);1H. The quantitative estimate of drug-likeness (QED) is 0.672. The fourth-order valence-electron chi connectivity index (χ4n) is 1.93. The molecule has 0 radical (unpaired) electrons. The number of hydrogen-bond acceptors (Lipinski definition) is 2. The molecular formula is C15H17ClFN3. The number of hydrogen-bond donors (Lipinski definition) is 2. The lowest BCUT2D eigenvalue weighted by Crippen LogP contribution is -2.18. The number of nitrogens with zero attached hydrogens (tertiary/aromatic N) is 1. The Hall–Kier alpha value is -2.07. The number of nitrogens with two attached hydrogens (primary N) is 1. The summed E-state index contributed by atoms with van der Waals surface area (Å²) in [6.45, 7) is 0.622. The molecule has 0 amide bonds. The van der Waals surface area contributed by atoms with Gasteiger partial charge in [-0.15, -0.1) is 12.4 Å². The zero-order chi connectivity index (χ0) is 13.8. The van der Waals surface area contributed by atoms with Crippen molar-refractivity contribution in [3.63, 3.8) is 0 Å². The number of benzene rings is 2. The van der Waals surface area contributed by atoms with E-state index in [9.17, 15) is 4.39 Å². The van der Waals surface area contributed by atoms with Crippen LogP contribution in [0.4, 0.5) is 10.1 Å². The van der Waals surface area contributed by atoms with E-state index in [1.807, 2.05) is 42.3 Å². The molecule has 0 aliphatic rings. The van der Waals surface area contributed by atoms with Gasteiger partial charge in [-0.1, -0.05) is 30.3 Å². The van der Waals surface area contributed by atoms with Crippen LogP contribution in [0, 0.1) is 11.2 Å². The zero-order valence-corrected chi connectivity index (χ0v) is 12.0. The SMILES string of the molecule is CN(Cc1ccccc1)c1ccc(C(=N)N)cc1F.Cl. The highest BCUT2D eigenvalue weighted by Crippen LogP contribution is 2.21. The molecule has 3 nitrogen and oxygen atoms in total. The second kappa shape index (κ2) is 6.91. The van der Waals surface area contributed by atoms with Gasteiger partial charge >= 0.3 is 0 Å². The van der Waals surface area contributed by atoms with Gasteiger partial charge in [0.05, 0.1) is 5.69 Å². The Morgan fingerprint density at radius 3 is 2.40 bits per heavy atom. The van der Waals surface area contributed by atoms with Gasteiger partial charge in [0.25, 0.3) is 0 Å². The number of amidine groups is 1. The van der Waals surface area contributed by atoms with Crippen molar-refractivity contribution in [2.45, 2.75) is 6.54 Å². The molecule has 2 rings (SSSR count). The van der Waals surface area contributed by atoms with E-state index in [2.05, 4.69) is 0 Å². The van der Waals surface area contributed by atoms with Crippen LogP contribution in [0.1, 0.15) is 11.1 Å². The monoisotopic (exact) mass is 293 g/mol. The van der Waals surface area contributed by atoms with Crippen molar-refractivity contribution in [1.82, 2.24) is 0 Å². The molecule has 0 unspecified atom stereocenters. The van der Waals surface area contributed by atoms with Crippen molar-refractivity contribution in [3.8, 4) is 0 Å². The molecule has 5 heteroatoms. The second-order valence-electron chi connectivity index (χ2n) is 4.42. The third-order valence-corrected chi connectivity index (χ3v) is 2.93. The topological polar surface area (TPSA) is 53.1 Å². The van der Waals surface area contributed by atoms with Crippen LogP contribution in [-0.4, -0.2) is 12.9 Å². The van der Waals surface area contributed by atoms with Crippen LogP contribution in [0.5, 0.6) is 0 Å². The average molecular weight is 294 g/mol. The highest BCUT2D eigenvalue weighted by atomic mass is 35.5. The second-order valence-corrected chi connectivity index (χ2v) is 4.42. The Bertz CT molecular complexity index is 587. The van der Waals surface area contributed by atoms with E-state index in [0.29, 0.717) is 17.8 Å². The first-order valence-electron chi connectivity index (χ1n) is 5.97. The lowest BCUT2D eigenvalue weighted by Gasteiger charge is -2.20. The van der Waals surface area contributed by atoms with E-state index in [1.54, 1.807) is 12.1 Å². The molecule has 0 aliphatic heterocycles. The smallest absolute Gasteiger partial charge is 0.147 e. The molecule has 0 fully saturated rings. The van der Waals surface area contributed by atoms with Gasteiger partial charge < -0.3 is 10.6 Å². The maximum Gasteiger partial charge on any atom is 0.147 e. The first-order valence-corrected chi connectivity index (χ1v) is 5.97. The summed E-state index contributed by atoms with van der Waals surface area (Å²) < 4.78 is 14.0. The van der Waals surface area contributed by atoms with Crippen LogP contribution >= 0.6 is 12.4 Å². The minimum Gasteiger partial charge on any atom is -0.384 e. The predicted molar refractivity (Wildman–Crippen MR) is 83.2 cm³/mol. The van der Waals surface area contributed by atoms with Gasteiger partial charge in [0.15, 0.2) is 0 Å². The van der Waals surface area contributed by atoms with Gasteiger partial charge in [-0.2, -0.15) is 0 Å². The van der Waals surface area contributed by atoms with Crippen molar-refractivity contribution >= 4 is 23.9 Å². The maximum atomic E-state index is 14.0. The molecule has 0 saturated carbocycles. The van der Waals surface area contributed by atoms with Crippen molar-refractivity contribution in [1.29, 1.82) is 5.41 Å². The number of anilines is 1. The Morgan fingerprint density at radius 2 is 1.85 bits per heavy atom. The lowest BCUT2D eigenvalue weighted by molar-refractivity contribution is 0.622. The third-order valence-electron chi connectivity index (χ3n) is 2.93. The molecule has 3 N–H and O–H groups in total. The lowest BCUT2D eigenvalue weighted by atomic mass is 10.1. The van der Waals surface area contributed by atoms with E-state index < -0.39 is 0 Å². The molecule has 0 heterocycles. The van der Waals surface area contributed by atoms with Crippen molar-refractivity contribution in [2.24, 2.45) is 5.73 Å². The normalized spacial score (nSPS) is 9.70. The van der Waals surface area contributed by atoms with Crippen molar-refractivity contribution in [3.05, 3.63) is 65.5 Å². The first kappa shape index (κ1) is 16.0. The highest BCUT2D eigenvalue weighted by molar-refractivity contribution is 5.95. The molecule has 0 saturated heterocycles. The minimum atomic E-state index is -0.369. The van der Waals surface area contributed by atoms with E-state index in [-0.39, 0.29) is 24.1 Å². The molecular weight excluding hydrogens is 277 g/mol. The van der Waals surface area contributed by atoms with Crippen molar-refractivity contribution in [2.75, 3.05) is 11.9 Å². The molecule has 2 aromatic carbocycles. The highest BCUT2D eigenvalue weighted by Gasteiger charge is 2.09. The molecule has 0 aliphatic carbocycles. The first-order chi connectivity index (χ1) is 9.08. The van der Waals surface area contributed by atoms with Gasteiger partial charge in [-0.25, -0.2) is 4.39 Å². The maximum absolute atomic E-state index is 14.0. The molecule has 0 aromatic heterocycles. The Balaban J connectivity index is 0.00000200. The summed E-state index contributed by atoms with van der Waals surface area (Å²) >= 11 is 0. The molecule has 20 heavy (non-hydrogen) atoms. The summed E-state index contributed by atoms with van der Waals surface area (Å²) in [5, 5.41) is 7.29. The summed E-state index contributed by atoms with van der Waals surface area (Å²) in [6, 6.07) is 14.5. The van der Waals surface area contributed by atoms with Crippen LogP contribution in [0.25, 0.3) is 0 Å². The fraction of sp³-hybridized carbons (Fsp3) is 0.133. The summed E-state index contributed by atoms with van der Waals surface area (Å²) in [5.41, 5.74) is 7.34. The number of nitrogens with one attached hydrogen (secondary N) is 1. The number of nitrogen functional groups attached to an aromatic ring is 1. The minimum absolute atomic E-state index is 0. The van der Waals surface area contributed by atoms with Gasteiger partial charge in [-0.05, 0) is 23.8 Å². The van der Waals surface area contributed by atoms with Gasteiger partial charge in [0, 0.05) is 19.2 Å². The van der Waals surface area contributed by atoms with E-state index in [1.165, 1.54) is 6.07 Å². The molecule has 106 valence electrons. The summed E-state index contributed by atoms with van der Waals surface area (Å²) in [6.07, 6.45) is 0. The largest absolute Gasteiger partial charge is 0.384 e.